The quantitative estimate of drug-likeness (QED) is 0.883. The van der Waals surface area contributed by atoms with Crippen LogP contribution in [0.2, 0.25) is 0 Å². The molecule has 0 atom stereocenters. The molecule has 18 heavy (non-hydrogen) atoms. The lowest BCUT2D eigenvalue weighted by molar-refractivity contribution is 0.282. The second-order valence-corrected chi connectivity index (χ2v) is 4.79. The number of aryl methyl sites for hydroxylation is 3. The van der Waals surface area contributed by atoms with Gasteiger partial charge in [-0.2, -0.15) is 0 Å². The molecule has 4 nitrogen and oxygen atoms in total. The molecular weight excluding hydrogens is 226 g/mol. The molecule has 0 aliphatic carbocycles. The van der Waals surface area contributed by atoms with Gasteiger partial charge in [0.2, 0.25) is 0 Å². The van der Waals surface area contributed by atoms with Crippen LogP contribution in [0.3, 0.4) is 0 Å². The van der Waals surface area contributed by atoms with Crippen molar-refractivity contribution in [3.8, 4) is 0 Å². The maximum Gasteiger partial charge on any atom is 0.118 e. The van der Waals surface area contributed by atoms with Gasteiger partial charge in [-0.25, -0.2) is 4.98 Å². The zero-order chi connectivity index (χ0) is 13.1. The predicted octanol–water partition coefficient (Wildman–Crippen LogP) is 2.81. The minimum absolute atomic E-state index is 0.807. The third kappa shape index (κ3) is 3.01. The number of hydrogen-bond donors (Lipinski definition) is 1. The lowest BCUT2D eigenvalue weighted by atomic mass is 10.3. The molecule has 0 bridgehead atoms. The summed E-state index contributed by atoms with van der Waals surface area (Å²) < 4.78 is 5.58. The van der Waals surface area contributed by atoms with Gasteiger partial charge in [0.15, 0.2) is 0 Å². The lowest BCUT2D eigenvalue weighted by Gasteiger charge is -2.13. The Kier molecular flexibility index (Phi) is 3.87. The number of nitrogens with one attached hydrogen (secondary N) is 1. The van der Waals surface area contributed by atoms with Crippen molar-refractivity contribution in [1.82, 2.24) is 14.9 Å². The highest BCUT2D eigenvalue weighted by molar-refractivity contribution is 5.13. The Morgan fingerprint density at radius 2 is 2.06 bits per heavy atom. The van der Waals surface area contributed by atoms with Crippen LogP contribution in [0.1, 0.15) is 35.7 Å². The van der Waals surface area contributed by atoms with Crippen molar-refractivity contribution in [3.63, 3.8) is 0 Å². The van der Waals surface area contributed by atoms with E-state index in [2.05, 4.69) is 35.8 Å². The summed E-state index contributed by atoms with van der Waals surface area (Å²) in [6.45, 7) is 7.79. The van der Waals surface area contributed by atoms with Gasteiger partial charge < -0.3 is 9.40 Å². The highest BCUT2D eigenvalue weighted by atomic mass is 16.3. The average Bonchev–Trinajstić information content (AvgIpc) is 2.86. The van der Waals surface area contributed by atoms with E-state index in [1.54, 1.807) is 0 Å². The average molecular weight is 247 g/mol. The van der Waals surface area contributed by atoms with E-state index in [1.165, 1.54) is 0 Å². The number of aromatic nitrogens is 2. The van der Waals surface area contributed by atoms with Gasteiger partial charge in [-0.05, 0) is 33.0 Å². The molecule has 0 saturated heterocycles. The Morgan fingerprint density at radius 1 is 1.28 bits per heavy atom. The van der Waals surface area contributed by atoms with Gasteiger partial charge in [-0.1, -0.05) is 6.92 Å². The van der Waals surface area contributed by atoms with Crippen molar-refractivity contribution in [1.29, 1.82) is 0 Å². The topological polar surface area (TPSA) is 45.1 Å². The molecule has 0 unspecified atom stereocenters. The van der Waals surface area contributed by atoms with E-state index in [-0.39, 0.29) is 0 Å². The molecule has 0 saturated carbocycles. The summed E-state index contributed by atoms with van der Waals surface area (Å²) in [5, 5.41) is 0. The molecule has 0 aromatic carbocycles. The van der Waals surface area contributed by atoms with Gasteiger partial charge in [0.25, 0.3) is 0 Å². The molecule has 0 fully saturated rings. The first-order valence-corrected chi connectivity index (χ1v) is 6.36. The van der Waals surface area contributed by atoms with Crippen molar-refractivity contribution in [3.05, 3.63) is 40.9 Å². The molecule has 98 valence electrons. The van der Waals surface area contributed by atoms with E-state index in [4.69, 9.17) is 4.42 Å². The number of aromatic amines is 1. The molecule has 2 rings (SSSR count). The number of rotatable bonds is 5. The highest BCUT2D eigenvalue weighted by Gasteiger charge is 2.10. The largest absolute Gasteiger partial charge is 0.465 e. The summed E-state index contributed by atoms with van der Waals surface area (Å²) >= 11 is 0. The molecule has 0 amide bonds. The Bertz CT molecular complexity index is 513. The summed E-state index contributed by atoms with van der Waals surface area (Å²) in [6.07, 6.45) is 0.946. The van der Waals surface area contributed by atoms with Gasteiger partial charge in [0, 0.05) is 18.7 Å². The summed E-state index contributed by atoms with van der Waals surface area (Å²) in [5.41, 5.74) is 2.28. The first kappa shape index (κ1) is 12.9. The van der Waals surface area contributed by atoms with Gasteiger partial charge >= 0.3 is 0 Å². The van der Waals surface area contributed by atoms with E-state index in [1.807, 2.05) is 19.1 Å². The van der Waals surface area contributed by atoms with E-state index in [0.29, 0.717) is 0 Å². The monoisotopic (exact) mass is 247 g/mol. The van der Waals surface area contributed by atoms with Crippen LogP contribution < -0.4 is 0 Å². The fourth-order valence-corrected chi connectivity index (χ4v) is 2.03. The molecule has 0 aliphatic rings. The van der Waals surface area contributed by atoms with E-state index in [9.17, 15) is 0 Å². The minimum atomic E-state index is 0.807. The van der Waals surface area contributed by atoms with Gasteiger partial charge in [-0.3, -0.25) is 4.90 Å². The second-order valence-electron chi connectivity index (χ2n) is 4.79. The van der Waals surface area contributed by atoms with Crippen LogP contribution in [0.5, 0.6) is 0 Å². The van der Waals surface area contributed by atoms with Crippen molar-refractivity contribution in [2.45, 2.75) is 40.3 Å². The number of imidazole rings is 1. The van der Waals surface area contributed by atoms with Gasteiger partial charge in [0.05, 0.1) is 12.2 Å². The normalized spacial score (nSPS) is 11.4. The van der Waals surface area contributed by atoms with Crippen molar-refractivity contribution >= 4 is 0 Å². The van der Waals surface area contributed by atoms with Crippen molar-refractivity contribution in [2.75, 3.05) is 7.05 Å². The minimum Gasteiger partial charge on any atom is -0.465 e. The molecular formula is C14H21N3O. The maximum absolute atomic E-state index is 5.58. The lowest BCUT2D eigenvalue weighted by Crippen LogP contribution is -2.17. The van der Waals surface area contributed by atoms with E-state index in [0.717, 1.165) is 48.2 Å². The van der Waals surface area contributed by atoms with E-state index < -0.39 is 0 Å². The summed E-state index contributed by atoms with van der Waals surface area (Å²) in [6, 6.07) is 4.03. The predicted molar refractivity (Wildman–Crippen MR) is 71.3 cm³/mol. The SMILES string of the molecule is CCc1nc(CN(C)Cc2ccc(C)o2)c(C)[nH]1. The Balaban J connectivity index is 1.98. The number of H-pyrrole nitrogens is 1. The fourth-order valence-electron chi connectivity index (χ4n) is 2.03. The fraction of sp³-hybridized carbons (Fsp3) is 0.500. The first-order chi connectivity index (χ1) is 8.58. The van der Waals surface area contributed by atoms with Gasteiger partial charge in [0.1, 0.15) is 17.3 Å². The number of furan rings is 1. The summed E-state index contributed by atoms with van der Waals surface area (Å²) in [4.78, 5) is 10.1. The zero-order valence-electron chi connectivity index (χ0n) is 11.6. The van der Waals surface area contributed by atoms with Crippen LogP contribution in [0.15, 0.2) is 16.5 Å². The Labute approximate surface area is 108 Å². The molecule has 0 radical (unpaired) electrons. The van der Waals surface area contributed by atoms with Crippen LogP contribution >= 0.6 is 0 Å². The molecule has 0 aliphatic heterocycles. The van der Waals surface area contributed by atoms with Crippen LogP contribution in [0.4, 0.5) is 0 Å². The molecule has 2 aromatic heterocycles. The standard InChI is InChI=1S/C14H21N3O/c1-5-14-15-11(3)13(16-14)9-17(4)8-12-7-6-10(2)18-12/h6-7H,5,8-9H2,1-4H3,(H,15,16). The van der Waals surface area contributed by atoms with Crippen LogP contribution in [-0.2, 0) is 19.5 Å². The van der Waals surface area contributed by atoms with Crippen molar-refractivity contribution in [2.24, 2.45) is 0 Å². The Morgan fingerprint density at radius 3 is 2.61 bits per heavy atom. The summed E-state index contributed by atoms with van der Waals surface area (Å²) in [5.74, 6) is 3.02. The molecule has 4 heteroatoms. The number of hydrogen-bond acceptors (Lipinski definition) is 3. The van der Waals surface area contributed by atoms with E-state index >= 15 is 0 Å². The first-order valence-electron chi connectivity index (χ1n) is 6.36. The highest BCUT2D eigenvalue weighted by Crippen LogP contribution is 2.12. The number of nitrogens with zero attached hydrogens (tertiary/aromatic N) is 2. The molecule has 2 heterocycles. The third-order valence-electron chi connectivity index (χ3n) is 3.01. The zero-order valence-corrected chi connectivity index (χ0v) is 11.6. The molecule has 2 aromatic rings. The van der Waals surface area contributed by atoms with Gasteiger partial charge in [-0.15, -0.1) is 0 Å². The van der Waals surface area contributed by atoms with Crippen LogP contribution in [-0.4, -0.2) is 21.9 Å². The van der Waals surface area contributed by atoms with Crippen LogP contribution in [0.25, 0.3) is 0 Å². The van der Waals surface area contributed by atoms with Crippen LogP contribution in [0, 0.1) is 13.8 Å². The smallest absolute Gasteiger partial charge is 0.118 e. The molecule has 0 spiro atoms. The maximum atomic E-state index is 5.58. The Hall–Kier alpha value is -1.55. The third-order valence-corrected chi connectivity index (χ3v) is 3.01. The molecule has 1 N–H and O–H groups in total. The van der Waals surface area contributed by atoms with Crippen molar-refractivity contribution < 1.29 is 4.42 Å². The second kappa shape index (κ2) is 5.40. The summed E-state index contributed by atoms with van der Waals surface area (Å²) in [7, 11) is 2.08.